The molecule has 1 saturated carbocycles. The Hall–Kier alpha value is -0.120. The van der Waals surface area contributed by atoms with Crippen LogP contribution in [0.4, 0.5) is 0 Å². The summed E-state index contributed by atoms with van der Waals surface area (Å²) in [6.07, 6.45) is 7.92. The van der Waals surface area contributed by atoms with Crippen molar-refractivity contribution in [3.05, 3.63) is 0 Å². The highest BCUT2D eigenvalue weighted by Gasteiger charge is 2.42. The first kappa shape index (κ1) is 10.1. The molecule has 0 amide bonds. The number of ether oxygens (including phenoxy) is 2. The smallest absolute Gasteiger partial charge is 0.181 e. The van der Waals surface area contributed by atoms with E-state index in [1.807, 2.05) is 0 Å². The molecular weight excluding hydrogens is 190 g/mol. The van der Waals surface area contributed by atoms with Crippen molar-refractivity contribution >= 4 is 0 Å². The lowest BCUT2D eigenvalue weighted by Crippen LogP contribution is -2.51. The zero-order valence-electron chi connectivity index (χ0n) is 9.41. The van der Waals surface area contributed by atoms with Gasteiger partial charge in [-0.2, -0.15) is 0 Å². The highest BCUT2D eigenvalue weighted by atomic mass is 16.7. The quantitative estimate of drug-likeness (QED) is 0.660. The van der Waals surface area contributed by atoms with Crippen LogP contribution in [0.3, 0.4) is 0 Å². The zero-order valence-corrected chi connectivity index (χ0v) is 9.41. The van der Waals surface area contributed by atoms with Gasteiger partial charge in [0, 0.05) is 12.5 Å². The van der Waals surface area contributed by atoms with Crippen LogP contribution in [0.2, 0.25) is 0 Å². The van der Waals surface area contributed by atoms with Crippen LogP contribution in [0.5, 0.6) is 0 Å². The van der Waals surface area contributed by atoms with Gasteiger partial charge < -0.3 is 9.47 Å². The fourth-order valence-electron chi connectivity index (χ4n) is 3.33. The lowest BCUT2D eigenvalue weighted by atomic mass is 10.0. The molecule has 1 aliphatic carbocycles. The van der Waals surface area contributed by atoms with E-state index in [1.165, 1.54) is 38.6 Å². The normalized spacial score (nSPS) is 32.8. The van der Waals surface area contributed by atoms with Crippen LogP contribution in [-0.4, -0.2) is 43.0 Å². The Kier molecular flexibility index (Phi) is 2.71. The molecule has 0 radical (unpaired) electrons. The predicted molar refractivity (Wildman–Crippen MR) is 57.7 cm³/mol. The summed E-state index contributed by atoms with van der Waals surface area (Å²) in [5, 5.41) is 0. The Balaban J connectivity index is 1.65. The summed E-state index contributed by atoms with van der Waals surface area (Å²) in [5.74, 6) is -0.221. The van der Waals surface area contributed by atoms with Gasteiger partial charge in [-0.25, -0.2) is 0 Å². The van der Waals surface area contributed by atoms with Gasteiger partial charge in [-0.3, -0.25) is 4.90 Å². The molecule has 15 heavy (non-hydrogen) atoms. The number of nitrogens with zero attached hydrogens (tertiary/aromatic N) is 1. The number of likely N-dealkylation sites (tertiary alicyclic amines) is 1. The monoisotopic (exact) mass is 211 g/mol. The summed E-state index contributed by atoms with van der Waals surface area (Å²) in [4.78, 5) is 2.61. The third kappa shape index (κ3) is 1.93. The molecule has 2 saturated heterocycles. The van der Waals surface area contributed by atoms with E-state index in [-0.39, 0.29) is 5.79 Å². The standard InChI is InChI=1S/C12H21NO2/c1-2-5-11(4-1)13-7-3-6-12(10-13)14-8-9-15-12/h11H,1-10H2. The SMILES string of the molecule is C1CCC(N2CCCC3(C2)OCCO3)C1. The summed E-state index contributed by atoms with van der Waals surface area (Å²) in [6, 6.07) is 0.815. The second-order valence-corrected chi connectivity index (χ2v) is 5.12. The van der Waals surface area contributed by atoms with Crippen molar-refractivity contribution in [3.8, 4) is 0 Å². The third-order valence-corrected chi connectivity index (χ3v) is 4.10. The van der Waals surface area contributed by atoms with Gasteiger partial charge in [-0.05, 0) is 25.8 Å². The minimum absolute atomic E-state index is 0.221. The van der Waals surface area contributed by atoms with Crippen LogP contribution in [0.15, 0.2) is 0 Å². The predicted octanol–water partition coefficient (Wildman–Crippen LogP) is 1.77. The van der Waals surface area contributed by atoms with Gasteiger partial charge in [0.25, 0.3) is 0 Å². The van der Waals surface area contributed by atoms with Gasteiger partial charge in [0.15, 0.2) is 5.79 Å². The molecular formula is C12H21NO2. The molecule has 3 aliphatic rings. The van der Waals surface area contributed by atoms with Crippen LogP contribution in [0.25, 0.3) is 0 Å². The molecule has 0 N–H and O–H groups in total. The average molecular weight is 211 g/mol. The molecule has 0 bridgehead atoms. The van der Waals surface area contributed by atoms with Crippen molar-refractivity contribution in [2.24, 2.45) is 0 Å². The van der Waals surface area contributed by atoms with Crippen LogP contribution < -0.4 is 0 Å². The van der Waals surface area contributed by atoms with E-state index in [9.17, 15) is 0 Å². The molecule has 0 aromatic rings. The maximum atomic E-state index is 5.81. The Bertz CT molecular complexity index is 220. The molecule has 1 spiro atoms. The second kappa shape index (κ2) is 4.04. The van der Waals surface area contributed by atoms with Crippen LogP contribution >= 0.6 is 0 Å². The van der Waals surface area contributed by atoms with Gasteiger partial charge in [-0.1, -0.05) is 12.8 Å². The van der Waals surface area contributed by atoms with Crippen LogP contribution in [0.1, 0.15) is 38.5 Å². The van der Waals surface area contributed by atoms with Crippen LogP contribution in [-0.2, 0) is 9.47 Å². The van der Waals surface area contributed by atoms with Gasteiger partial charge in [0.1, 0.15) is 0 Å². The van der Waals surface area contributed by atoms with Crippen LogP contribution in [0, 0.1) is 0 Å². The van der Waals surface area contributed by atoms with Crippen molar-refractivity contribution in [3.63, 3.8) is 0 Å². The lowest BCUT2D eigenvalue weighted by Gasteiger charge is -2.41. The fraction of sp³-hybridized carbons (Fsp3) is 1.00. The molecule has 0 aromatic carbocycles. The summed E-state index contributed by atoms with van der Waals surface area (Å²) < 4.78 is 11.6. The van der Waals surface area contributed by atoms with Crippen molar-refractivity contribution in [1.29, 1.82) is 0 Å². The maximum Gasteiger partial charge on any atom is 0.181 e. The van der Waals surface area contributed by atoms with E-state index in [1.54, 1.807) is 0 Å². The van der Waals surface area contributed by atoms with E-state index >= 15 is 0 Å². The van der Waals surface area contributed by atoms with Gasteiger partial charge in [-0.15, -0.1) is 0 Å². The van der Waals surface area contributed by atoms with Gasteiger partial charge in [0.05, 0.1) is 19.8 Å². The molecule has 3 fully saturated rings. The Morgan fingerprint density at radius 2 is 1.73 bits per heavy atom. The van der Waals surface area contributed by atoms with Gasteiger partial charge >= 0.3 is 0 Å². The summed E-state index contributed by atoms with van der Waals surface area (Å²) in [6.45, 7) is 3.84. The largest absolute Gasteiger partial charge is 0.346 e. The van der Waals surface area contributed by atoms with Crippen molar-refractivity contribution in [2.75, 3.05) is 26.3 Å². The number of hydrogen-bond acceptors (Lipinski definition) is 3. The molecule has 3 nitrogen and oxygen atoms in total. The van der Waals surface area contributed by atoms with E-state index < -0.39 is 0 Å². The summed E-state index contributed by atoms with van der Waals surface area (Å²) in [7, 11) is 0. The highest BCUT2D eigenvalue weighted by molar-refractivity contribution is 4.88. The Morgan fingerprint density at radius 1 is 1.00 bits per heavy atom. The molecule has 3 heteroatoms. The topological polar surface area (TPSA) is 21.7 Å². The van der Waals surface area contributed by atoms with Crippen molar-refractivity contribution in [1.82, 2.24) is 4.90 Å². The first-order chi connectivity index (χ1) is 7.38. The Labute approximate surface area is 91.7 Å². The highest BCUT2D eigenvalue weighted by Crippen LogP contribution is 2.34. The van der Waals surface area contributed by atoms with E-state index in [0.717, 1.165) is 32.2 Å². The molecule has 0 unspecified atom stereocenters. The third-order valence-electron chi connectivity index (χ3n) is 4.10. The molecule has 0 aromatic heterocycles. The second-order valence-electron chi connectivity index (χ2n) is 5.12. The van der Waals surface area contributed by atoms with Crippen molar-refractivity contribution < 1.29 is 9.47 Å². The van der Waals surface area contributed by atoms with Gasteiger partial charge in [0.2, 0.25) is 0 Å². The van der Waals surface area contributed by atoms with Crippen molar-refractivity contribution in [2.45, 2.75) is 50.4 Å². The molecule has 86 valence electrons. The minimum atomic E-state index is -0.221. The fourth-order valence-corrected chi connectivity index (χ4v) is 3.33. The van der Waals surface area contributed by atoms with E-state index in [2.05, 4.69) is 4.90 Å². The molecule has 2 aliphatic heterocycles. The number of rotatable bonds is 1. The maximum absolute atomic E-state index is 5.81. The zero-order chi connectivity index (χ0) is 10.1. The number of piperidine rings is 1. The lowest BCUT2D eigenvalue weighted by molar-refractivity contribution is -0.193. The first-order valence-electron chi connectivity index (χ1n) is 6.40. The number of hydrogen-bond donors (Lipinski definition) is 0. The molecule has 2 heterocycles. The molecule has 3 rings (SSSR count). The first-order valence-corrected chi connectivity index (χ1v) is 6.40. The molecule has 0 atom stereocenters. The van der Waals surface area contributed by atoms with E-state index in [0.29, 0.717) is 0 Å². The summed E-state index contributed by atoms with van der Waals surface area (Å²) in [5.41, 5.74) is 0. The Morgan fingerprint density at radius 3 is 2.47 bits per heavy atom. The summed E-state index contributed by atoms with van der Waals surface area (Å²) >= 11 is 0. The minimum Gasteiger partial charge on any atom is -0.346 e. The van der Waals surface area contributed by atoms with E-state index in [4.69, 9.17) is 9.47 Å². The average Bonchev–Trinajstić information content (AvgIpc) is 2.89.